The summed E-state index contributed by atoms with van der Waals surface area (Å²) in [4.78, 5) is 28.5. The van der Waals surface area contributed by atoms with Gasteiger partial charge < -0.3 is 9.79 Å². The van der Waals surface area contributed by atoms with Crippen LogP contribution in [0, 0.1) is 5.92 Å². The number of hydrogen-bond acceptors (Lipinski definition) is 2. The molecule has 120 valence electrons. The second-order valence-corrected chi connectivity index (χ2v) is 7.77. The summed E-state index contributed by atoms with van der Waals surface area (Å²) >= 11 is 0. The number of Topliss-reactive ketones (excluding diaryl/α,β-unsaturated/α-hetero) is 1. The molecule has 0 spiro atoms. The Morgan fingerprint density at radius 1 is 0.900 bits per heavy atom. The van der Waals surface area contributed by atoms with E-state index in [1.165, 1.54) is 38.5 Å². The average molecular weight is 306 g/mol. The van der Waals surface area contributed by atoms with E-state index in [9.17, 15) is 9.36 Å². The Bertz CT molecular complexity index is 296. The first-order valence-electron chi connectivity index (χ1n) is 7.87. The van der Waals surface area contributed by atoms with Crippen LogP contribution in [0.2, 0.25) is 0 Å². The van der Waals surface area contributed by atoms with Crippen molar-refractivity contribution in [3.8, 4) is 0 Å². The first-order chi connectivity index (χ1) is 9.31. The Kier molecular flexibility index (Phi) is 11.4. The molecule has 0 aliphatic heterocycles. The minimum Gasteiger partial charge on any atom is -0.324 e. The van der Waals surface area contributed by atoms with Crippen LogP contribution in [0.4, 0.5) is 0 Å². The van der Waals surface area contributed by atoms with Crippen LogP contribution in [0.25, 0.3) is 0 Å². The van der Waals surface area contributed by atoms with Gasteiger partial charge in [0.05, 0.1) is 0 Å². The molecule has 0 aromatic rings. The highest BCUT2D eigenvalue weighted by Gasteiger charge is 2.18. The molecule has 0 saturated carbocycles. The van der Waals surface area contributed by atoms with Crippen LogP contribution in [0.15, 0.2) is 0 Å². The topological polar surface area (TPSA) is 74.6 Å². The Morgan fingerprint density at radius 2 is 1.35 bits per heavy atom. The number of carbonyl (C=O) groups excluding carboxylic acids is 1. The van der Waals surface area contributed by atoms with E-state index in [0.29, 0.717) is 6.42 Å². The molecule has 0 fully saturated rings. The Hall–Kier alpha value is -0.180. The van der Waals surface area contributed by atoms with Crippen molar-refractivity contribution in [3.63, 3.8) is 0 Å². The van der Waals surface area contributed by atoms with Gasteiger partial charge in [-0.25, -0.2) is 0 Å². The fourth-order valence-corrected chi connectivity index (χ4v) is 2.86. The van der Waals surface area contributed by atoms with Crippen LogP contribution < -0.4 is 0 Å². The molecule has 0 unspecified atom stereocenters. The van der Waals surface area contributed by atoms with E-state index in [1.54, 1.807) is 0 Å². The fraction of sp³-hybridized carbons (Fsp3) is 0.933. The number of rotatable bonds is 13. The van der Waals surface area contributed by atoms with Gasteiger partial charge in [0.25, 0.3) is 0 Å². The SMILES string of the molecule is CC(C)CCCCCCCCCCC(=O)CP(=O)(O)O. The highest BCUT2D eigenvalue weighted by atomic mass is 31.2. The van der Waals surface area contributed by atoms with Crippen molar-refractivity contribution in [3.05, 3.63) is 0 Å². The molecule has 20 heavy (non-hydrogen) atoms. The molecule has 0 amide bonds. The zero-order chi connectivity index (χ0) is 15.4. The summed E-state index contributed by atoms with van der Waals surface area (Å²) in [7, 11) is -4.16. The molecule has 0 aliphatic rings. The lowest BCUT2D eigenvalue weighted by molar-refractivity contribution is -0.117. The summed E-state index contributed by atoms with van der Waals surface area (Å²) < 4.78 is 10.6. The van der Waals surface area contributed by atoms with E-state index in [2.05, 4.69) is 13.8 Å². The fourth-order valence-electron chi connectivity index (χ4n) is 2.24. The van der Waals surface area contributed by atoms with Gasteiger partial charge in [-0.15, -0.1) is 0 Å². The summed E-state index contributed by atoms with van der Waals surface area (Å²) in [5, 5.41) is 0. The van der Waals surface area contributed by atoms with Crippen molar-refractivity contribution in [1.29, 1.82) is 0 Å². The molecule has 0 heterocycles. The van der Waals surface area contributed by atoms with Crippen LogP contribution in [-0.4, -0.2) is 21.7 Å². The van der Waals surface area contributed by atoms with E-state index in [4.69, 9.17) is 9.79 Å². The molecule has 0 aromatic carbocycles. The minimum atomic E-state index is -4.16. The molecule has 0 aliphatic carbocycles. The minimum absolute atomic E-state index is 0.305. The van der Waals surface area contributed by atoms with Crippen LogP contribution in [0.1, 0.15) is 78.1 Å². The van der Waals surface area contributed by atoms with Gasteiger partial charge in [-0.2, -0.15) is 0 Å². The standard InChI is InChI=1S/C15H31O4P/c1-14(2)11-9-7-5-3-4-6-8-10-12-15(16)13-20(17,18)19/h14H,3-13H2,1-2H3,(H2,17,18,19). The largest absolute Gasteiger partial charge is 0.332 e. The summed E-state index contributed by atoms with van der Waals surface area (Å²) in [6.45, 7) is 4.52. The zero-order valence-corrected chi connectivity index (χ0v) is 13.9. The third kappa shape index (κ3) is 15.9. The van der Waals surface area contributed by atoms with Gasteiger partial charge >= 0.3 is 7.60 Å². The first kappa shape index (κ1) is 19.8. The highest BCUT2D eigenvalue weighted by Crippen LogP contribution is 2.34. The maximum atomic E-state index is 11.2. The highest BCUT2D eigenvalue weighted by molar-refractivity contribution is 7.52. The van der Waals surface area contributed by atoms with E-state index < -0.39 is 13.8 Å². The number of unbranched alkanes of at least 4 members (excludes halogenated alkanes) is 7. The lowest BCUT2D eigenvalue weighted by Crippen LogP contribution is -2.04. The Labute approximate surface area is 123 Å². The lowest BCUT2D eigenvalue weighted by Gasteiger charge is -2.05. The summed E-state index contributed by atoms with van der Waals surface area (Å²) in [6.07, 6.45) is 10.3. The first-order valence-corrected chi connectivity index (χ1v) is 9.67. The molecule has 0 rings (SSSR count). The van der Waals surface area contributed by atoms with E-state index in [-0.39, 0.29) is 5.78 Å². The van der Waals surface area contributed by atoms with Crippen LogP contribution in [-0.2, 0) is 9.36 Å². The quantitative estimate of drug-likeness (QED) is 0.393. The summed E-state index contributed by atoms with van der Waals surface area (Å²) in [5.74, 6) is 0.493. The predicted octanol–water partition coefficient (Wildman–Crippen LogP) is 4.29. The number of carbonyl (C=O) groups is 1. The van der Waals surface area contributed by atoms with Crippen molar-refractivity contribution in [2.75, 3.05) is 6.16 Å². The van der Waals surface area contributed by atoms with Gasteiger partial charge in [0, 0.05) is 6.42 Å². The zero-order valence-electron chi connectivity index (χ0n) is 13.0. The summed E-state index contributed by atoms with van der Waals surface area (Å²) in [5.41, 5.74) is 0. The van der Waals surface area contributed by atoms with Gasteiger partial charge in [0.2, 0.25) is 0 Å². The predicted molar refractivity (Wildman–Crippen MR) is 82.9 cm³/mol. The second-order valence-electron chi connectivity index (χ2n) is 6.12. The van der Waals surface area contributed by atoms with E-state index >= 15 is 0 Å². The Balaban J connectivity index is 3.25. The van der Waals surface area contributed by atoms with Gasteiger partial charge in [0.15, 0.2) is 0 Å². The van der Waals surface area contributed by atoms with Crippen molar-refractivity contribution in [2.45, 2.75) is 78.1 Å². The summed E-state index contributed by atoms with van der Waals surface area (Å²) in [6, 6.07) is 0. The maximum absolute atomic E-state index is 11.2. The molecule has 4 nitrogen and oxygen atoms in total. The molecular weight excluding hydrogens is 275 g/mol. The molecule has 0 bridgehead atoms. The third-order valence-electron chi connectivity index (χ3n) is 3.37. The lowest BCUT2D eigenvalue weighted by atomic mass is 10.0. The van der Waals surface area contributed by atoms with Crippen molar-refractivity contribution >= 4 is 13.4 Å². The molecule has 2 N–H and O–H groups in total. The van der Waals surface area contributed by atoms with Crippen LogP contribution in [0.3, 0.4) is 0 Å². The third-order valence-corrected chi connectivity index (χ3v) is 4.13. The van der Waals surface area contributed by atoms with E-state index in [1.807, 2.05) is 0 Å². The van der Waals surface area contributed by atoms with E-state index in [0.717, 1.165) is 25.2 Å². The van der Waals surface area contributed by atoms with Gasteiger partial charge in [-0.3, -0.25) is 9.36 Å². The average Bonchev–Trinajstić information content (AvgIpc) is 2.28. The van der Waals surface area contributed by atoms with Crippen molar-refractivity contribution < 1.29 is 19.1 Å². The normalized spacial score (nSPS) is 12.1. The Morgan fingerprint density at radius 3 is 1.80 bits per heavy atom. The number of hydrogen-bond donors (Lipinski definition) is 2. The second kappa shape index (κ2) is 11.5. The molecule has 0 aromatic heterocycles. The van der Waals surface area contributed by atoms with Gasteiger partial charge in [0.1, 0.15) is 11.9 Å². The van der Waals surface area contributed by atoms with Crippen molar-refractivity contribution in [1.82, 2.24) is 0 Å². The van der Waals surface area contributed by atoms with Gasteiger partial charge in [-0.05, 0) is 12.3 Å². The van der Waals surface area contributed by atoms with Gasteiger partial charge in [-0.1, -0.05) is 65.2 Å². The molecule has 5 heteroatoms. The molecule has 0 atom stereocenters. The maximum Gasteiger partial charge on any atom is 0.332 e. The van der Waals surface area contributed by atoms with Crippen LogP contribution >= 0.6 is 7.60 Å². The molecule has 0 radical (unpaired) electrons. The monoisotopic (exact) mass is 306 g/mol. The number of ketones is 1. The van der Waals surface area contributed by atoms with Crippen molar-refractivity contribution in [2.24, 2.45) is 5.92 Å². The molecular formula is C15H31O4P. The molecule has 0 saturated heterocycles. The smallest absolute Gasteiger partial charge is 0.324 e. The van der Waals surface area contributed by atoms with Crippen LogP contribution in [0.5, 0.6) is 0 Å².